The molecule has 0 radical (unpaired) electrons. The van der Waals surface area contributed by atoms with Gasteiger partial charge in [0.1, 0.15) is 0 Å². The summed E-state index contributed by atoms with van der Waals surface area (Å²) in [6.07, 6.45) is 8.53. The van der Waals surface area contributed by atoms with Gasteiger partial charge in [-0.3, -0.25) is 0 Å². The molecule has 1 aliphatic heterocycles. The highest BCUT2D eigenvalue weighted by Gasteiger charge is 2.19. The van der Waals surface area contributed by atoms with Crippen LogP contribution in [0.5, 0.6) is 0 Å². The van der Waals surface area contributed by atoms with Crippen molar-refractivity contribution in [2.24, 2.45) is 0 Å². The molecule has 0 amide bonds. The van der Waals surface area contributed by atoms with Crippen molar-refractivity contribution in [3.8, 4) is 12.3 Å². The Morgan fingerprint density at radius 2 is 2.50 bits per heavy atom. The van der Waals surface area contributed by atoms with Gasteiger partial charge < -0.3 is 10.2 Å². The molecule has 0 saturated carbocycles. The molecule has 1 heterocycles. The lowest BCUT2D eigenvalue weighted by Gasteiger charge is -2.14. The molecule has 0 spiro atoms. The third-order valence-electron chi connectivity index (χ3n) is 2.48. The first-order valence-corrected chi connectivity index (χ1v) is 4.70. The molecule has 0 bridgehead atoms. The summed E-state index contributed by atoms with van der Waals surface area (Å²) in [7, 11) is 2.04. The van der Waals surface area contributed by atoms with Gasteiger partial charge in [-0.15, -0.1) is 12.3 Å². The lowest BCUT2D eigenvalue weighted by molar-refractivity contribution is 0.327. The van der Waals surface area contributed by atoms with Crippen molar-refractivity contribution in [2.45, 2.75) is 25.3 Å². The standard InChI is InChI=1S/C10H18N2/c1-3-4-5-7-12-8-6-10(9-12)11-2/h1,10-11H,4-9H2,2H3. The van der Waals surface area contributed by atoms with E-state index in [1.165, 1.54) is 26.1 Å². The summed E-state index contributed by atoms with van der Waals surface area (Å²) >= 11 is 0. The van der Waals surface area contributed by atoms with Crippen LogP contribution in [0.4, 0.5) is 0 Å². The van der Waals surface area contributed by atoms with Gasteiger partial charge in [0, 0.05) is 19.0 Å². The zero-order chi connectivity index (χ0) is 8.81. The van der Waals surface area contributed by atoms with Gasteiger partial charge in [0.2, 0.25) is 0 Å². The Hall–Kier alpha value is -0.520. The highest BCUT2D eigenvalue weighted by atomic mass is 15.2. The van der Waals surface area contributed by atoms with Crippen LogP contribution in [0.25, 0.3) is 0 Å². The molecule has 68 valence electrons. The van der Waals surface area contributed by atoms with E-state index in [1.54, 1.807) is 0 Å². The fourth-order valence-electron chi connectivity index (χ4n) is 1.68. The number of terminal acetylenes is 1. The Kier molecular flexibility index (Phi) is 4.13. The summed E-state index contributed by atoms with van der Waals surface area (Å²) in [5.41, 5.74) is 0. The molecule has 1 N–H and O–H groups in total. The van der Waals surface area contributed by atoms with Crippen LogP contribution in [0.15, 0.2) is 0 Å². The highest BCUT2D eigenvalue weighted by Crippen LogP contribution is 2.08. The van der Waals surface area contributed by atoms with E-state index in [-0.39, 0.29) is 0 Å². The van der Waals surface area contributed by atoms with Gasteiger partial charge in [-0.2, -0.15) is 0 Å². The number of hydrogen-bond acceptors (Lipinski definition) is 2. The van der Waals surface area contributed by atoms with E-state index in [4.69, 9.17) is 6.42 Å². The highest BCUT2D eigenvalue weighted by molar-refractivity contribution is 4.85. The average molecular weight is 166 g/mol. The van der Waals surface area contributed by atoms with Crippen molar-refractivity contribution in [1.29, 1.82) is 0 Å². The maximum atomic E-state index is 5.19. The molecule has 12 heavy (non-hydrogen) atoms. The smallest absolute Gasteiger partial charge is 0.0204 e. The lowest BCUT2D eigenvalue weighted by Crippen LogP contribution is -2.30. The monoisotopic (exact) mass is 166 g/mol. The molecule has 2 nitrogen and oxygen atoms in total. The second-order valence-electron chi connectivity index (χ2n) is 3.38. The second-order valence-corrected chi connectivity index (χ2v) is 3.38. The van der Waals surface area contributed by atoms with Gasteiger partial charge in [-0.05, 0) is 33.0 Å². The molecule has 0 aliphatic carbocycles. The van der Waals surface area contributed by atoms with Crippen molar-refractivity contribution in [1.82, 2.24) is 10.2 Å². The van der Waals surface area contributed by atoms with Gasteiger partial charge >= 0.3 is 0 Å². The topological polar surface area (TPSA) is 15.3 Å². The molecule has 1 aliphatic rings. The molecular weight excluding hydrogens is 148 g/mol. The zero-order valence-corrected chi connectivity index (χ0v) is 7.84. The lowest BCUT2D eigenvalue weighted by atomic mass is 10.3. The van der Waals surface area contributed by atoms with Crippen LogP contribution in [-0.4, -0.2) is 37.6 Å². The minimum absolute atomic E-state index is 0.704. The van der Waals surface area contributed by atoms with E-state index in [1.807, 2.05) is 7.05 Å². The van der Waals surface area contributed by atoms with E-state index >= 15 is 0 Å². The Labute approximate surface area is 75.3 Å². The number of hydrogen-bond donors (Lipinski definition) is 1. The average Bonchev–Trinajstić information content (AvgIpc) is 2.53. The molecule has 0 aromatic rings. The zero-order valence-electron chi connectivity index (χ0n) is 7.84. The Morgan fingerprint density at radius 3 is 3.08 bits per heavy atom. The fourth-order valence-corrected chi connectivity index (χ4v) is 1.68. The minimum atomic E-state index is 0.704. The number of rotatable bonds is 4. The summed E-state index contributed by atoms with van der Waals surface area (Å²) in [4.78, 5) is 2.48. The van der Waals surface area contributed by atoms with E-state index in [0.29, 0.717) is 6.04 Å². The summed E-state index contributed by atoms with van der Waals surface area (Å²) in [5, 5.41) is 3.30. The molecule has 1 rings (SSSR count). The fraction of sp³-hybridized carbons (Fsp3) is 0.800. The first-order valence-electron chi connectivity index (χ1n) is 4.70. The van der Waals surface area contributed by atoms with Crippen LogP contribution in [0.1, 0.15) is 19.3 Å². The minimum Gasteiger partial charge on any atom is -0.316 e. The first kappa shape index (κ1) is 9.57. The normalized spacial score (nSPS) is 24.2. The summed E-state index contributed by atoms with van der Waals surface area (Å²) in [6.45, 7) is 3.60. The molecule has 1 atom stereocenters. The van der Waals surface area contributed by atoms with Crippen molar-refractivity contribution >= 4 is 0 Å². The molecule has 0 aromatic carbocycles. The van der Waals surface area contributed by atoms with E-state index in [2.05, 4.69) is 16.1 Å². The van der Waals surface area contributed by atoms with Crippen molar-refractivity contribution < 1.29 is 0 Å². The van der Waals surface area contributed by atoms with Gasteiger partial charge in [0.25, 0.3) is 0 Å². The Balaban J connectivity index is 2.07. The number of nitrogens with one attached hydrogen (secondary N) is 1. The van der Waals surface area contributed by atoms with E-state index in [9.17, 15) is 0 Å². The summed E-state index contributed by atoms with van der Waals surface area (Å²) in [6, 6.07) is 0.704. The predicted molar refractivity (Wildman–Crippen MR) is 52.0 cm³/mol. The van der Waals surface area contributed by atoms with Crippen molar-refractivity contribution in [3.63, 3.8) is 0 Å². The summed E-state index contributed by atoms with van der Waals surface area (Å²) in [5.74, 6) is 2.67. The second kappa shape index (κ2) is 5.18. The SMILES string of the molecule is C#CCCCN1CCC(NC)C1. The quantitative estimate of drug-likeness (QED) is 0.488. The molecule has 1 fully saturated rings. The predicted octanol–water partition coefficient (Wildman–Crippen LogP) is 0.694. The van der Waals surface area contributed by atoms with E-state index < -0.39 is 0 Å². The van der Waals surface area contributed by atoms with Crippen LogP contribution in [0.2, 0.25) is 0 Å². The van der Waals surface area contributed by atoms with Crippen LogP contribution in [-0.2, 0) is 0 Å². The number of likely N-dealkylation sites (tertiary alicyclic amines) is 1. The third kappa shape index (κ3) is 2.84. The van der Waals surface area contributed by atoms with E-state index in [0.717, 1.165) is 12.8 Å². The van der Waals surface area contributed by atoms with Crippen LogP contribution in [0.3, 0.4) is 0 Å². The van der Waals surface area contributed by atoms with Gasteiger partial charge in [0.15, 0.2) is 0 Å². The van der Waals surface area contributed by atoms with Gasteiger partial charge in [0.05, 0.1) is 0 Å². The molecule has 1 saturated heterocycles. The molecule has 2 heteroatoms. The maximum absolute atomic E-state index is 5.19. The van der Waals surface area contributed by atoms with Crippen molar-refractivity contribution in [2.75, 3.05) is 26.7 Å². The van der Waals surface area contributed by atoms with Crippen molar-refractivity contribution in [3.05, 3.63) is 0 Å². The van der Waals surface area contributed by atoms with Gasteiger partial charge in [-0.25, -0.2) is 0 Å². The van der Waals surface area contributed by atoms with Crippen LogP contribution < -0.4 is 5.32 Å². The Morgan fingerprint density at radius 1 is 1.67 bits per heavy atom. The first-order chi connectivity index (χ1) is 5.86. The Bertz CT molecular complexity index is 160. The van der Waals surface area contributed by atoms with Crippen LogP contribution in [0, 0.1) is 12.3 Å². The van der Waals surface area contributed by atoms with Crippen LogP contribution >= 0.6 is 0 Å². The number of unbranched alkanes of at least 4 members (excludes halogenated alkanes) is 1. The maximum Gasteiger partial charge on any atom is 0.0204 e. The molecule has 1 unspecified atom stereocenters. The van der Waals surface area contributed by atoms with Gasteiger partial charge in [-0.1, -0.05) is 0 Å². The number of nitrogens with zero attached hydrogens (tertiary/aromatic N) is 1. The largest absolute Gasteiger partial charge is 0.316 e. The number of likely N-dealkylation sites (N-methyl/N-ethyl adjacent to an activating group) is 1. The third-order valence-corrected chi connectivity index (χ3v) is 2.48. The summed E-state index contributed by atoms with van der Waals surface area (Å²) < 4.78 is 0. The molecule has 0 aromatic heterocycles. The molecular formula is C10H18N2.